The molecule has 0 unspecified atom stereocenters. The second-order valence-electron chi connectivity index (χ2n) is 5.26. The van der Waals surface area contributed by atoms with E-state index in [0.29, 0.717) is 17.5 Å². The Bertz CT molecular complexity index is 743. The number of hydrogen-bond donors (Lipinski definition) is 3. The molecule has 2 aromatic carbocycles. The molecule has 0 saturated heterocycles. The van der Waals surface area contributed by atoms with Crippen LogP contribution in [0.25, 0.3) is 6.08 Å². The number of aliphatic hydroxyl groups excluding tert-OH is 1. The number of aliphatic hydroxyl groups is 1. The molecule has 0 atom stereocenters. The Morgan fingerprint density at radius 1 is 1.04 bits per heavy atom. The van der Waals surface area contributed by atoms with Crippen LogP contribution in [-0.2, 0) is 4.79 Å². The lowest BCUT2D eigenvalue weighted by Crippen LogP contribution is -2.35. The molecule has 0 aromatic heterocycles. The van der Waals surface area contributed by atoms with Gasteiger partial charge in [0.2, 0.25) is 0 Å². The molecule has 0 spiro atoms. The molecule has 2 rings (SSSR count). The van der Waals surface area contributed by atoms with E-state index in [-0.39, 0.29) is 24.7 Å². The number of carbonyl (C=O) groups is 2. The Kier molecular flexibility index (Phi) is 6.86. The van der Waals surface area contributed by atoms with Crippen molar-refractivity contribution >= 4 is 17.9 Å². The Morgan fingerprint density at radius 2 is 1.72 bits per heavy atom. The van der Waals surface area contributed by atoms with E-state index in [4.69, 9.17) is 5.11 Å². The fourth-order valence-electron chi connectivity index (χ4n) is 2.04. The summed E-state index contributed by atoms with van der Waals surface area (Å²) in [6.45, 7) is 0.227. The number of nitrogens with one attached hydrogen (secondary N) is 2. The highest BCUT2D eigenvalue weighted by atomic mass is 19.1. The van der Waals surface area contributed by atoms with Gasteiger partial charge in [-0.2, -0.15) is 0 Å². The largest absolute Gasteiger partial charge is 0.396 e. The molecule has 25 heavy (non-hydrogen) atoms. The Balaban J connectivity index is 2.20. The van der Waals surface area contributed by atoms with E-state index in [9.17, 15) is 14.0 Å². The Morgan fingerprint density at radius 3 is 2.36 bits per heavy atom. The molecule has 0 fully saturated rings. The van der Waals surface area contributed by atoms with Crippen molar-refractivity contribution in [3.8, 4) is 0 Å². The van der Waals surface area contributed by atoms with Crippen LogP contribution in [0.15, 0.2) is 60.3 Å². The van der Waals surface area contributed by atoms with Gasteiger partial charge in [-0.1, -0.05) is 30.3 Å². The van der Waals surface area contributed by atoms with Crippen LogP contribution in [0, 0.1) is 5.82 Å². The molecule has 2 amide bonds. The molecule has 0 aliphatic rings. The lowest BCUT2D eigenvalue weighted by Gasteiger charge is -2.11. The second kappa shape index (κ2) is 9.34. The quantitative estimate of drug-likeness (QED) is 0.533. The van der Waals surface area contributed by atoms with Crippen molar-refractivity contribution in [2.45, 2.75) is 6.42 Å². The molecule has 0 aliphatic carbocycles. The maximum absolute atomic E-state index is 13.0. The van der Waals surface area contributed by atoms with Gasteiger partial charge in [-0.05, 0) is 42.3 Å². The SMILES string of the molecule is O=C(NCCCO)/C(=C/c1ccc(F)cc1)NC(=O)c1ccccc1. The number of rotatable bonds is 7. The Hall–Kier alpha value is -2.99. The van der Waals surface area contributed by atoms with E-state index in [1.54, 1.807) is 30.3 Å². The third-order valence-corrected chi connectivity index (χ3v) is 3.33. The van der Waals surface area contributed by atoms with Gasteiger partial charge in [0.05, 0.1) is 0 Å². The third kappa shape index (κ3) is 5.86. The molecule has 0 bridgehead atoms. The van der Waals surface area contributed by atoms with Crippen molar-refractivity contribution in [3.05, 3.63) is 77.2 Å². The maximum atomic E-state index is 13.0. The number of amides is 2. The molecule has 0 aliphatic heterocycles. The predicted octanol–water partition coefficient (Wildman–Crippen LogP) is 2.10. The van der Waals surface area contributed by atoms with E-state index in [0.717, 1.165) is 0 Å². The topological polar surface area (TPSA) is 78.4 Å². The lowest BCUT2D eigenvalue weighted by molar-refractivity contribution is -0.117. The normalized spacial score (nSPS) is 11.0. The van der Waals surface area contributed by atoms with Crippen LogP contribution in [0.2, 0.25) is 0 Å². The summed E-state index contributed by atoms with van der Waals surface area (Å²) in [6.07, 6.45) is 1.87. The summed E-state index contributed by atoms with van der Waals surface area (Å²) in [7, 11) is 0. The fraction of sp³-hybridized carbons (Fsp3) is 0.158. The average Bonchev–Trinajstić information content (AvgIpc) is 2.63. The molecule has 3 N–H and O–H groups in total. The van der Waals surface area contributed by atoms with Gasteiger partial charge in [0.15, 0.2) is 0 Å². The van der Waals surface area contributed by atoms with E-state index >= 15 is 0 Å². The number of benzene rings is 2. The first-order valence-corrected chi connectivity index (χ1v) is 7.83. The van der Waals surface area contributed by atoms with Crippen LogP contribution >= 0.6 is 0 Å². The second-order valence-corrected chi connectivity index (χ2v) is 5.26. The van der Waals surface area contributed by atoms with Crippen molar-refractivity contribution in [3.63, 3.8) is 0 Å². The summed E-state index contributed by atoms with van der Waals surface area (Å²) in [6, 6.07) is 14.0. The first-order valence-electron chi connectivity index (χ1n) is 7.83. The first kappa shape index (κ1) is 18.4. The van der Waals surface area contributed by atoms with Gasteiger partial charge >= 0.3 is 0 Å². The zero-order valence-electron chi connectivity index (χ0n) is 13.5. The molecule has 0 saturated carbocycles. The van der Waals surface area contributed by atoms with Gasteiger partial charge in [0, 0.05) is 18.7 Å². The van der Waals surface area contributed by atoms with Crippen molar-refractivity contribution < 1.29 is 19.1 Å². The monoisotopic (exact) mass is 342 g/mol. The molecule has 6 heteroatoms. The smallest absolute Gasteiger partial charge is 0.267 e. The maximum Gasteiger partial charge on any atom is 0.267 e. The van der Waals surface area contributed by atoms with E-state index < -0.39 is 11.8 Å². The fourth-order valence-corrected chi connectivity index (χ4v) is 2.04. The minimum Gasteiger partial charge on any atom is -0.396 e. The van der Waals surface area contributed by atoms with Crippen molar-refractivity contribution in [1.82, 2.24) is 10.6 Å². The minimum atomic E-state index is -0.484. The van der Waals surface area contributed by atoms with Gasteiger partial charge in [-0.3, -0.25) is 9.59 Å². The minimum absolute atomic E-state index is 0.0402. The summed E-state index contributed by atoms with van der Waals surface area (Å²) < 4.78 is 13.0. The molecular formula is C19H19FN2O3. The zero-order chi connectivity index (χ0) is 18.1. The highest BCUT2D eigenvalue weighted by Crippen LogP contribution is 2.09. The van der Waals surface area contributed by atoms with Gasteiger partial charge in [-0.25, -0.2) is 4.39 Å². The van der Waals surface area contributed by atoms with Crippen LogP contribution < -0.4 is 10.6 Å². The van der Waals surface area contributed by atoms with Crippen molar-refractivity contribution in [1.29, 1.82) is 0 Å². The van der Waals surface area contributed by atoms with Gasteiger partial charge in [-0.15, -0.1) is 0 Å². The molecule has 2 aromatic rings. The summed E-state index contributed by atoms with van der Waals surface area (Å²) in [5, 5.41) is 14.0. The van der Waals surface area contributed by atoms with E-state index in [1.807, 2.05) is 0 Å². The molecule has 0 radical (unpaired) electrons. The van der Waals surface area contributed by atoms with E-state index in [1.165, 1.54) is 30.3 Å². The van der Waals surface area contributed by atoms with Crippen LogP contribution in [-0.4, -0.2) is 30.1 Å². The Labute approximate surface area is 145 Å². The highest BCUT2D eigenvalue weighted by molar-refractivity contribution is 6.05. The van der Waals surface area contributed by atoms with Gasteiger partial charge in [0.1, 0.15) is 11.5 Å². The van der Waals surface area contributed by atoms with Gasteiger partial charge in [0.25, 0.3) is 11.8 Å². The zero-order valence-corrected chi connectivity index (χ0v) is 13.5. The summed E-state index contributed by atoms with van der Waals surface area (Å²) in [5.41, 5.74) is 1.02. The van der Waals surface area contributed by atoms with Crippen LogP contribution in [0.3, 0.4) is 0 Å². The molecule has 0 heterocycles. The average molecular weight is 342 g/mol. The third-order valence-electron chi connectivity index (χ3n) is 3.33. The van der Waals surface area contributed by atoms with E-state index in [2.05, 4.69) is 10.6 Å². The number of hydrogen-bond acceptors (Lipinski definition) is 3. The predicted molar refractivity (Wildman–Crippen MR) is 93.0 cm³/mol. The van der Waals surface area contributed by atoms with Crippen LogP contribution in [0.1, 0.15) is 22.3 Å². The number of halogens is 1. The number of carbonyl (C=O) groups excluding carboxylic acids is 2. The molecular weight excluding hydrogens is 323 g/mol. The lowest BCUT2D eigenvalue weighted by atomic mass is 10.1. The van der Waals surface area contributed by atoms with Crippen molar-refractivity contribution in [2.24, 2.45) is 0 Å². The summed E-state index contributed by atoms with van der Waals surface area (Å²) in [4.78, 5) is 24.6. The molecule has 5 nitrogen and oxygen atoms in total. The summed E-state index contributed by atoms with van der Waals surface area (Å²) in [5.74, 6) is -1.30. The molecule has 130 valence electrons. The standard InChI is InChI=1S/C19H19FN2O3/c20-16-9-7-14(8-10-16)13-17(19(25)21-11-4-12-23)22-18(24)15-5-2-1-3-6-15/h1-3,5-10,13,23H,4,11-12H2,(H,21,25)(H,22,24)/b17-13-. The first-order chi connectivity index (χ1) is 12.1. The highest BCUT2D eigenvalue weighted by Gasteiger charge is 2.14. The van der Waals surface area contributed by atoms with Crippen molar-refractivity contribution in [2.75, 3.05) is 13.2 Å². The van der Waals surface area contributed by atoms with Crippen LogP contribution in [0.5, 0.6) is 0 Å². The van der Waals surface area contributed by atoms with Crippen LogP contribution in [0.4, 0.5) is 4.39 Å². The van der Waals surface area contributed by atoms with Gasteiger partial charge < -0.3 is 15.7 Å². The summed E-state index contributed by atoms with van der Waals surface area (Å²) >= 11 is 0.